The molecule has 0 rings (SSSR count). The fraction of sp³-hybridized carbons (Fsp3) is 0.750. The smallest absolute Gasteiger partial charge is 0.185 e. The van der Waals surface area contributed by atoms with Crippen LogP contribution in [0.2, 0.25) is 0 Å². The molecule has 82 valence electrons. The lowest BCUT2D eigenvalue weighted by Gasteiger charge is -2.12. The highest BCUT2D eigenvalue weighted by atomic mass is 16.3. The number of carbonyl (C=O) groups is 2. The summed E-state index contributed by atoms with van der Waals surface area (Å²) in [7, 11) is 0. The van der Waals surface area contributed by atoms with Gasteiger partial charge < -0.3 is 21.1 Å². The predicted octanol–water partition coefficient (Wildman–Crippen LogP) is -2.42. The molecule has 0 aliphatic carbocycles. The van der Waals surface area contributed by atoms with Crippen molar-refractivity contribution in [2.24, 2.45) is 5.73 Å². The number of hydrogen-bond donors (Lipinski definition) is 4. The third-order valence-electron chi connectivity index (χ3n) is 1.71. The molecule has 0 aromatic heterocycles. The summed E-state index contributed by atoms with van der Waals surface area (Å²) in [6.07, 6.45) is -2.91. The minimum atomic E-state index is -1.43. The van der Waals surface area contributed by atoms with Crippen LogP contribution in [0.3, 0.4) is 0 Å². The van der Waals surface area contributed by atoms with Crippen molar-refractivity contribution in [3.8, 4) is 0 Å². The van der Waals surface area contributed by atoms with Crippen LogP contribution in [0.15, 0.2) is 0 Å². The Bertz CT molecular complexity index is 216. The molecule has 0 aliphatic rings. The zero-order valence-corrected chi connectivity index (χ0v) is 7.88. The van der Waals surface area contributed by atoms with Crippen LogP contribution in [-0.2, 0) is 9.59 Å². The Morgan fingerprint density at radius 1 is 1.36 bits per heavy atom. The summed E-state index contributed by atoms with van der Waals surface area (Å²) >= 11 is 0. The molecule has 0 saturated carbocycles. The number of aliphatic hydroxyl groups excluding tert-OH is 3. The number of aliphatic hydroxyl groups is 3. The standard InChI is InChI=1S/C8H15NO5/c1-4(11)8(14)7(9)6(13)2-5(12)3-10/h4-5,7,10-12H,2-3,9H2,1H3/t4?,5-,7+/m0/s1. The lowest BCUT2D eigenvalue weighted by Crippen LogP contribution is -2.44. The van der Waals surface area contributed by atoms with Gasteiger partial charge in [0.1, 0.15) is 12.1 Å². The van der Waals surface area contributed by atoms with Gasteiger partial charge in [-0.15, -0.1) is 0 Å². The molecule has 0 fully saturated rings. The van der Waals surface area contributed by atoms with Gasteiger partial charge in [-0.25, -0.2) is 0 Å². The van der Waals surface area contributed by atoms with Gasteiger partial charge in [-0.05, 0) is 6.92 Å². The van der Waals surface area contributed by atoms with Gasteiger partial charge in [0, 0.05) is 6.42 Å². The third kappa shape index (κ3) is 3.93. The third-order valence-corrected chi connectivity index (χ3v) is 1.71. The van der Waals surface area contributed by atoms with Gasteiger partial charge in [-0.2, -0.15) is 0 Å². The zero-order valence-electron chi connectivity index (χ0n) is 7.88. The van der Waals surface area contributed by atoms with E-state index in [4.69, 9.17) is 21.1 Å². The van der Waals surface area contributed by atoms with Crippen molar-refractivity contribution in [2.75, 3.05) is 6.61 Å². The van der Waals surface area contributed by atoms with Crippen LogP contribution in [-0.4, -0.2) is 51.7 Å². The number of Topliss-reactive ketones (excluding diaryl/α,β-unsaturated/α-hetero) is 2. The summed E-state index contributed by atoms with van der Waals surface area (Å²) in [5.41, 5.74) is 5.21. The Kier molecular flexibility index (Phi) is 5.47. The second-order valence-electron chi connectivity index (χ2n) is 3.06. The molecule has 0 bridgehead atoms. The van der Waals surface area contributed by atoms with E-state index in [0.717, 1.165) is 0 Å². The summed E-state index contributed by atoms with van der Waals surface area (Å²) in [6.45, 7) is 0.638. The number of nitrogens with two attached hydrogens (primary N) is 1. The van der Waals surface area contributed by atoms with Gasteiger partial charge in [0.05, 0.1) is 12.7 Å². The summed E-state index contributed by atoms with van der Waals surface area (Å²) in [6, 6.07) is -1.43. The van der Waals surface area contributed by atoms with Crippen LogP contribution in [0.5, 0.6) is 0 Å². The molecule has 6 heteroatoms. The molecule has 3 atom stereocenters. The molecule has 0 aromatic carbocycles. The van der Waals surface area contributed by atoms with Crippen LogP contribution < -0.4 is 5.73 Å². The normalized spacial score (nSPS) is 17.2. The van der Waals surface area contributed by atoms with Crippen molar-refractivity contribution in [2.45, 2.75) is 31.6 Å². The summed E-state index contributed by atoms with van der Waals surface area (Å²) in [5.74, 6) is -1.49. The van der Waals surface area contributed by atoms with Crippen LogP contribution in [0, 0.1) is 0 Å². The van der Waals surface area contributed by atoms with Gasteiger partial charge in [0.15, 0.2) is 11.6 Å². The Morgan fingerprint density at radius 2 is 1.86 bits per heavy atom. The second-order valence-corrected chi connectivity index (χ2v) is 3.06. The maximum Gasteiger partial charge on any atom is 0.185 e. The van der Waals surface area contributed by atoms with Gasteiger partial charge in [-0.3, -0.25) is 9.59 Å². The Morgan fingerprint density at radius 3 is 2.21 bits per heavy atom. The highest BCUT2D eigenvalue weighted by Gasteiger charge is 2.26. The molecule has 0 saturated heterocycles. The minimum Gasteiger partial charge on any atom is -0.394 e. The van der Waals surface area contributed by atoms with Crippen molar-refractivity contribution in [3.63, 3.8) is 0 Å². The van der Waals surface area contributed by atoms with Crippen LogP contribution in [0.1, 0.15) is 13.3 Å². The van der Waals surface area contributed by atoms with Crippen molar-refractivity contribution < 1.29 is 24.9 Å². The van der Waals surface area contributed by atoms with Gasteiger partial charge in [0.25, 0.3) is 0 Å². The molecular weight excluding hydrogens is 190 g/mol. The van der Waals surface area contributed by atoms with Crippen molar-refractivity contribution in [1.82, 2.24) is 0 Å². The van der Waals surface area contributed by atoms with Crippen LogP contribution in [0.4, 0.5) is 0 Å². The zero-order chi connectivity index (χ0) is 11.3. The quantitative estimate of drug-likeness (QED) is 0.358. The molecule has 0 amide bonds. The molecule has 6 nitrogen and oxygen atoms in total. The van der Waals surface area contributed by atoms with E-state index in [1.807, 2.05) is 0 Å². The van der Waals surface area contributed by atoms with E-state index >= 15 is 0 Å². The summed E-state index contributed by atoms with van der Waals surface area (Å²) in [5, 5.41) is 26.2. The van der Waals surface area contributed by atoms with E-state index in [2.05, 4.69) is 0 Å². The molecule has 5 N–H and O–H groups in total. The topological polar surface area (TPSA) is 121 Å². The molecule has 0 aliphatic heterocycles. The highest BCUT2D eigenvalue weighted by Crippen LogP contribution is 1.99. The molecule has 1 unspecified atom stereocenters. The fourth-order valence-corrected chi connectivity index (χ4v) is 0.842. The first kappa shape index (κ1) is 13.2. The van der Waals surface area contributed by atoms with E-state index in [1.165, 1.54) is 6.92 Å². The number of rotatable bonds is 6. The minimum absolute atomic E-state index is 0.393. The average Bonchev–Trinajstić information content (AvgIpc) is 2.14. The van der Waals surface area contributed by atoms with E-state index in [-0.39, 0.29) is 0 Å². The molecule has 0 heterocycles. The first-order valence-corrected chi connectivity index (χ1v) is 4.19. The number of carbonyl (C=O) groups excluding carboxylic acids is 2. The van der Waals surface area contributed by atoms with Crippen LogP contribution >= 0.6 is 0 Å². The SMILES string of the molecule is CC(O)C(=O)[C@H](N)C(=O)C[C@H](O)CO. The Labute approximate surface area is 81.3 Å². The van der Waals surface area contributed by atoms with Crippen molar-refractivity contribution >= 4 is 11.6 Å². The summed E-state index contributed by atoms with van der Waals surface area (Å²) in [4.78, 5) is 22.1. The van der Waals surface area contributed by atoms with E-state index in [9.17, 15) is 9.59 Å². The number of ketones is 2. The first-order chi connectivity index (χ1) is 6.40. The molecule has 0 radical (unpaired) electrons. The highest BCUT2D eigenvalue weighted by molar-refractivity contribution is 6.07. The van der Waals surface area contributed by atoms with E-state index < -0.39 is 42.8 Å². The molecule has 14 heavy (non-hydrogen) atoms. The molecule has 0 spiro atoms. The lowest BCUT2D eigenvalue weighted by molar-refractivity contribution is -0.134. The lowest BCUT2D eigenvalue weighted by atomic mass is 10.0. The largest absolute Gasteiger partial charge is 0.394 e. The van der Waals surface area contributed by atoms with E-state index in [1.54, 1.807) is 0 Å². The Hall–Kier alpha value is -0.820. The van der Waals surface area contributed by atoms with Gasteiger partial charge in [0.2, 0.25) is 0 Å². The maximum atomic E-state index is 11.1. The first-order valence-electron chi connectivity index (χ1n) is 4.19. The average molecular weight is 205 g/mol. The fourth-order valence-electron chi connectivity index (χ4n) is 0.842. The van der Waals surface area contributed by atoms with E-state index in [0.29, 0.717) is 0 Å². The van der Waals surface area contributed by atoms with Crippen molar-refractivity contribution in [3.05, 3.63) is 0 Å². The summed E-state index contributed by atoms with van der Waals surface area (Å²) < 4.78 is 0. The van der Waals surface area contributed by atoms with Gasteiger partial charge >= 0.3 is 0 Å². The van der Waals surface area contributed by atoms with Crippen LogP contribution in [0.25, 0.3) is 0 Å². The predicted molar refractivity (Wildman–Crippen MR) is 47.4 cm³/mol. The molecule has 0 aromatic rings. The number of hydrogen-bond acceptors (Lipinski definition) is 6. The Balaban J connectivity index is 4.19. The maximum absolute atomic E-state index is 11.1. The molecular formula is C8H15NO5. The second kappa shape index (κ2) is 5.82. The monoisotopic (exact) mass is 205 g/mol. The van der Waals surface area contributed by atoms with Crippen molar-refractivity contribution in [1.29, 1.82) is 0 Å². The van der Waals surface area contributed by atoms with Gasteiger partial charge in [-0.1, -0.05) is 0 Å².